The maximum atomic E-state index is 9.87. The van der Waals surface area contributed by atoms with E-state index in [-0.39, 0.29) is 6.61 Å². The molecule has 0 aliphatic carbocycles. The van der Waals surface area contributed by atoms with Crippen molar-refractivity contribution < 1.29 is 24.8 Å². The van der Waals surface area contributed by atoms with E-state index >= 15 is 0 Å². The van der Waals surface area contributed by atoms with Gasteiger partial charge in [0.2, 0.25) is 0 Å². The molecule has 0 amide bonds. The third-order valence-corrected chi connectivity index (χ3v) is 2.41. The third kappa shape index (κ3) is 3.13. The maximum absolute atomic E-state index is 9.87. The van der Waals surface area contributed by atoms with E-state index in [1.807, 2.05) is 20.8 Å². The zero-order chi connectivity index (χ0) is 12.5. The number of nitrogens with two attached hydrogens (primary N) is 1. The van der Waals surface area contributed by atoms with Gasteiger partial charge in [-0.2, -0.15) is 0 Å². The highest BCUT2D eigenvalue weighted by atomic mass is 16.6. The topological polar surface area (TPSA) is 105 Å². The quantitative estimate of drug-likeness (QED) is 0.467. The molecule has 6 heteroatoms. The molecule has 16 heavy (non-hydrogen) atoms. The highest BCUT2D eigenvalue weighted by molar-refractivity contribution is 4.93. The van der Waals surface area contributed by atoms with Crippen LogP contribution in [0.2, 0.25) is 0 Å². The first-order valence-electron chi connectivity index (χ1n) is 5.32. The van der Waals surface area contributed by atoms with Crippen LogP contribution in [0.3, 0.4) is 0 Å². The van der Waals surface area contributed by atoms with Crippen molar-refractivity contribution in [1.29, 1.82) is 0 Å². The highest BCUT2D eigenvalue weighted by Gasteiger charge is 2.44. The second kappa shape index (κ2) is 4.95. The van der Waals surface area contributed by atoms with Gasteiger partial charge in [0.1, 0.15) is 18.3 Å². The summed E-state index contributed by atoms with van der Waals surface area (Å²) < 4.78 is 10.7. The van der Waals surface area contributed by atoms with Crippen LogP contribution in [0.1, 0.15) is 20.8 Å². The van der Waals surface area contributed by atoms with E-state index in [1.54, 1.807) is 0 Å². The zero-order valence-electron chi connectivity index (χ0n) is 9.83. The van der Waals surface area contributed by atoms with E-state index in [1.165, 1.54) is 0 Å². The lowest BCUT2D eigenvalue weighted by Gasteiger charge is -2.43. The summed E-state index contributed by atoms with van der Waals surface area (Å²) in [5.74, 6) is 0. The van der Waals surface area contributed by atoms with Gasteiger partial charge in [0.05, 0.1) is 18.2 Å². The Hall–Kier alpha value is -0.240. The molecule has 6 nitrogen and oxygen atoms in total. The van der Waals surface area contributed by atoms with Crippen LogP contribution < -0.4 is 5.73 Å². The lowest BCUT2D eigenvalue weighted by atomic mass is 9.96. The molecule has 1 aliphatic heterocycles. The third-order valence-electron chi connectivity index (χ3n) is 2.41. The monoisotopic (exact) mass is 235 g/mol. The molecule has 0 aromatic carbocycles. The van der Waals surface area contributed by atoms with Gasteiger partial charge in [-0.3, -0.25) is 0 Å². The zero-order valence-corrected chi connectivity index (χ0v) is 9.83. The molecule has 0 aromatic rings. The molecule has 0 aromatic heterocycles. The standard InChI is InChI=1S/C10H21NO5/c1-10(2,3)16-8-5(4-12)15-9(14)6(11)7(8)13/h5-9,12-14H,4,11H2,1-3H3. The van der Waals surface area contributed by atoms with Gasteiger partial charge in [-0.15, -0.1) is 0 Å². The molecular formula is C10H21NO5. The summed E-state index contributed by atoms with van der Waals surface area (Å²) in [5, 5.41) is 28.4. The molecule has 1 fully saturated rings. The minimum atomic E-state index is -1.29. The average Bonchev–Trinajstić information content (AvgIpc) is 2.17. The van der Waals surface area contributed by atoms with Gasteiger partial charge >= 0.3 is 0 Å². The summed E-state index contributed by atoms with van der Waals surface area (Å²) in [5.41, 5.74) is 5.07. The fourth-order valence-electron chi connectivity index (χ4n) is 1.66. The Morgan fingerprint density at radius 2 is 1.88 bits per heavy atom. The number of aliphatic hydroxyl groups is 3. The molecule has 1 aliphatic rings. The van der Waals surface area contributed by atoms with Crippen LogP contribution in [0.5, 0.6) is 0 Å². The normalized spacial score (nSPS) is 41.1. The molecule has 1 rings (SSSR count). The molecule has 5 N–H and O–H groups in total. The van der Waals surface area contributed by atoms with E-state index in [0.717, 1.165) is 0 Å². The Balaban J connectivity index is 2.77. The van der Waals surface area contributed by atoms with Gasteiger partial charge in [-0.05, 0) is 20.8 Å². The summed E-state index contributed by atoms with van der Waals surface area (Å²) in [6.07, 6.45) is -3.88. The van der Waals surface area contributed by atoms with Crippen molar-refractivity contribution >= 4 is 0 Å². The van der Waals surface area contributed by atoms with Crippen molar-refractivity contribution in [3.63, 3.8) is 0 Å². The van der Waals surface area contributed by atoms with Crippen LogP contribution in [-0.2, 0) is 9.47 Å². The van der Waals surface area contributed by atoms with E-state index < -0.39 is 36.2 Å². The first-order chi connectivity index (χ1) is 7.26. The van der Waals surface area contributed by atoms with Gasteiger partial charge < -0.3 is 30.5 Å². The summed E-state index contributed by atoms with van der Waals surface area (Å²) in [6, 6.07) is -0.935. The molecule has 0 radical (unpaired) electrons. The van der Waals surface area contributed by atoms with Gasteiger partial charge in [-0.25, -0.2) is 0 Å². The van der Waals surface area contributed by atoms with Crippen molar-refractivity contribution in [1.82, 2.24) is 0 Å². The van der Waals surface area contributed by atoms with Crippen LogP contribution in [0.25, 0.3) is 0 Å². The van der Waals surface area contributed by atoms with Crippen molar-refractivity contribution in [2.75, 3.05) is 6.61 Å². The Morgan fingerprint density at radius 1 is 1.31 bits per heavy atom. The molecular weight excluding hydrogens is 214 g/mol. The molecule has 0 saturated carbocycles. The van der Waals surface area contributed by atoms with Crippen molar-refractivity contribution in [2.45, 2.75) is 57.0 Å². The Bertz CT molecular complexity index is 228. The second-order valence-electron chi connectivity index (χ2n) is 5.01. The number of ether oxygens (including phenoxy) is 2. The van der Waals surface area contributed by atoms with E-state index in [2.05, 4.69) is 0 Å². The van der Waals surface area contributed by atoms with Crippen molar-refractivity contribution in [2.24, 2.45) is 5.73 Å². The lowest BCUT2D eigenvalue weighted by Crippen LogP contribution is -2.63. The number of hydrogen-bond donors (Lipinski definition) is 4. The average molecular weight is 235 g/mol. The molecule has 1 saturated heterocycles. The van der Waals surface area contributed by atoms with E-state index in [4.69, 9.17) is 20.3 Å². The van der Waals surface area contributed by atoms with Gasteiger partial charge in [0.15, 0.2) is 6.29 Å². The predicted octanol–water partition coefficient (Wildman–Crippen LogP) is -1.43. The number of hydrogen-bond acceptors (Lipinski definition) is 6. The molecule has 5 unspecified atom stereocenters. The van der Waals surface area contributed by atoms with E-state index in [9.17, 15) is 10.2 Å². The van der Waals surface area contributed by atoms with Crippen LogP contribution >= 0.6 is 0 Å². The number of aliphatic hydroxyl groups excluding tert-OH is 3. The lowest BCUT2D eigenvalue weighted by molar-refractivity contribution is -0.274. The highest BCUT2D eigenvalue weighted by Crippen LogP contribution is 2.25. The van der Waals surface area contributed by atoms with Crippen LogP contribution in [0, 0.1) is 0 Å². The first kappa shape index (κ1) is 13.8. The summed E-state index contributed by atoms with van der Waals surface area (Å²) in [4.78, 5) is 0. The maximum Gasteiger partial charge on any atom is 0.173 e. The smallest absolute Gasteiger partial charge is 0.173 e. The fourth-order valence-corrected chi connectivity index (χ4v) is 1.66. The van der Waals surface area contributed by atoms with Gasteiger partial charge in [0, 0.05) is 0 Å². The van der Waals surface area contributed by atoms with Crippen LogP contribution in [0.15, 0.2) is 0 Å². The SMILES string of the molecule is CC(C)(C)OC1C(CO)OC(O)C(N)C1O. The minimum absolute atomic E-state index is 0.346. The summed E-state index contributed by atoms with van der Waals surface area (Å²) >= 11 is 0. The summed E-state index contributed by atoms with van der Waals surface area (Å²) in [6.45, 7) is 5.13. The second-order valence-corrected chi connectivity index (χ2v) is 5.01. The first-order valence-corrected chi connectivity index (χ1v) is 5.32. The van der Waals surface area contributed by atoms with Crippen molar-refractivity contribution in [3.05, 3.63) is 0 Å². The van der Waals surface area contributed by atoms with Crippen LogP contribution in [-0.4, -0.2) is 58.2 Å². The molecule has 0 bridgehead atoms. The fraction of sp³-hybridized carbons (Fsp3) is 1.00. The molecule has 0 spiro atoms. The Morgan fingerprint density at radius 3 is 2.31 bits per heavy atom. The largest absolute Gasteiger partial charge is 0.394 e. The summed E-state index contributed by atoms with van der Waals surface area (Å²) in [7, 11) is 0. The predicted molar refractivity (Wildman–Crippen MR) is 56.6 cm³/mol. The van der Waals surface area contributed by atoms with Gasteiger partial charge in [0.25, 0.3) is 0 Å². The molecule has 1 heterocycles. The van der Waals surface area contributed by atoms with Crippen LogP contribution in [0.4, 0.5) is 0 Å². The van der Waals surface area contributed by atoms with E-state index in [0.29, 0.717) is 0 Å². The minimum Gasteiger partial charge on any atom is -0.394 e. The Labute approximate surface area is 95.0 Å². The molecule has 5 atom stereocenters. The van der Waals surface area contributed by atoms with Gasteiger partial charge in [-0.1, -0.05) is 0 Å². The van der Waals surface area contributed by atoms with Crippen molar-refractivity contribution in [3.8, 4) is 0 Å². The molecule has 96 valence electrons. The number of rotatable bonds is 2. The Kier molecular flexibility index (Phi) is 4.28.